The average Bonchev–Trinajstić information content (AvgIpc) is 3.24. The molecule has 4 rings (SSSR count). The van der Waals surface area contributed by atoms with Crippen LogP contribution in [0.2, 0.25) is 0 Å². The van der Waals surface area contributed by atoms with E-state index in [1.807, 2.05) is 12.4 Å². The Morgan fingerprint density at radius 3 is 2.77 bits per heavy atom. The Labute approximate surface area is 133 Å². The van der Waals surface area contributed by atoms with Gasteiger partial charge in [-0.05, 0) is 58.5 Å². The van der Waals surface area contributed by atoms with Gasteiger partial charge in [0.05, 0.1) is 24.2 Å². The number of likely N-dealkylation sites (N-methyl/N-ethyl adjacent to an activating group) is 1. The van der Waals surface area contributed by atoms with Crippen molar-refractivity contribution in [3.63, 3.8) is 0 Å². The SMILES string of the molecule is CN1CCCC12CCN(c1cncc(OC3CCCC3)c1)C2. The van der Waals surface area contributed by atoms with Crippen molar-refractivity contribution in [2.75, 3.05) is 31.6 Å². The average molecular weight is 301 g/mol. The van der Waals surface area contributed by atoms with E-state index in [1.54, 1.807) is 0 Å². The summed E-state index contributed by atoms with van der Waals surface area (Å²) in [5.74, 6) is 0.949. The molecule has 4 heteroatoms. The molecule has 2 saturated heterocycles. The molecule has 3 fully saturated rings. The summed E-state index contributed by atoms with van der Waals surface area (Å²) >= 11 is 0. The van der Waals surface area contributed by atoms with E-state index in [9.17, 15) is 0 Å². The minimum Gasteiger partial charge on any atom is -0.489 e. The molecule has 1 aromatic heterocycles. The van der Waals surface area contributed by atoms with Gasteiger partial charge in [-0.1, -0.05) is 0 Å². The number of anilines is 1. The maximum absolute atomic E-state index is 6.11. The number of rotatable bonds is 3. The molecule has 120 valence electrons. The van der Waals surface area contributed by atoms with Gasteiger partial charge < -0.3 is 9.64 Å². The van der Waals surface area contributed by atoms with Crippen molar-refractivity contribution in [1.82, 2.24) is 9.88 Å². The Kier molecular flexibility index (Phi) is 3.73. The van der Waals surface area contributed by atoms with Crippen molar-refractivity contribution < 1.29 is 4.74 Å². The van der Waals surface area contributed by atoms with Crippen LogP contribution in [-0.2, 0) is 0 Å². The first kappa shape index (κ1) is 14.3. The molecule has 0 N–H and O–H groups in total. The van der Waals surface area contributed by atoms with Crippen molar-refractivity contribution >= 4 is 5.69 Å². The summed E-state index contributed by atoms with van der Waals surface area (Å²) in [5, 5.41) is 0. The van der Waals surface area contributed by atoms with Crippen LogP contribution in [0.15, 0.2) is 18.5 Å². The molecule has 0 aromatic carbocycles. The number of nitrogens with zero attached hydrogens (tertiary/aromatic N) is 3. The van der Waals surface area contributed by atoms with E-state index in [0.717, 1.165) is 18.8 Å². The van der Waals surface area contributed by atoms with Gasteiger partial charge in [0, 0.05) is 24.7 Å². The highest BCUT2D eigenvalue weighted by molar-refractivity contribution is 5.50. The van der Waals surface area contributed by atoms with E-state index in [4.69, 9.17) is 4.74 Å². The normalized spacial score (nSPS) is 29.8. The zero-order chi connectivity index (χ0) is 15.0. The first-order valence-corrected chi connectivity index (χ1v) is 8.83. The summed E-state index contributed by atoms with van der Waals surface area (Å²) < 4.78 is 6.11. The molecule has 1 aliphatic carbocycles. The lowest BCUT2D eigenvalue weighted by molar-refractivity contribution is 0.198. The summed E-state index contributed by atoms with van der Waals surface area (Å²) in [6.45, 7) is 3.52. The first-order valence-electron chi connectivity index (χ1n) is 8.83. The van der Waals surface area contributed by atoms with Crippen molar-refractivity contribution in [2.45, 2.75) is 56.6 Å². The van der Waals surface area contributed by atoms with Crippen LogP contribution in [0.3, 0.4) is 0 Å². The molecule has 0 bridgehead atoms. The fraction of sp³-hybridized carbons (Fsp3) is 0.722. The van der Waals surface area contributed by atoms with E-state index >= 15 is 0 Å². The zero-order valence-corrected chi connectivity index (χ0v) is 13.6. The molecule has 2 aliphatic heterocycles. The lowest BCUT2D eigenvalue weighted by Gasteiger charge is -2.32. The van der Waals surface area contributed by atoms with Gasteiger partial charge in [-0.15, -0.1) is 0 Å². The fourth-order valence-electron chi connectivity index (χ4n) is 4.51. The maximum atomic E-state index is 6.11. The molecule has 3 aliphatic rings. The molecule has 22 heavy (non-hydrogen) atoms. The second-order valence-electron chi connectivity index (χ2n) is 7.32. The van der Waals surface area contributed by atoms with Gasteiger partial charge in [0.1, 0.15) is 5.75 Å². The summed E-state index contributed by atoms with van der Waals surface area (Å²) in [6.07, 6.45) is 13.2. The van der Waals surface area contributed by atoms with Crippen molar-refractivity contribution in [3.8, 4) is 5.75 Å². The highest BCUT2D eigenvalue weighted by Crippen LogP contribution is 2.38. The summed E-state index contributed by atoms with van der Waals surface area (Å²) in [7, 11) is 2.29. The van der Waals surface area contributed by atoms with Crippen LogP contribution in [0.4, 0.5) is 5.69 Å². The standard InChI is InChI=1S/C18H27N3O/c1-20-9-4-7-18(20)8-10-21(14-18)15-11-17(13-19-12-15)22-16-5-2-3-6-16/h11-13,16H,2-10,14H2,1H3. The van der Waals surface area contributed by atoms with Gasteiger partial charge in [-0.3, -0.25) is 9.88 Å². The minimum absolute atomic E-state index is 0.405. The van der Waals surface area contributed by atoms with Crippen LogP contribution >= 0.6 is 0 Å². The summed E-state index contributed by atoms with van der Waals surface area (Å²) in [5.41, 5.74) is 1.63. The Balaban J connectivity index is 1.46. The Bertz CT molecular complexity index is 529. The molecule has 1 atom stereocenters. The largest absolute Gasteiger partial charge is 0.489 e. The third kappa shape index (κ3) is 2.58. The molecule has 1 saturated carbocycles. The van der Waals surface area contributed by atoms with Gasteiger partial charge in [-0.2, -0.15) is 0 Å². The molecule has 0 amide bonds. The molecular formula is C18H27N3O. The van der Waals surface area contributed by atoms with E-state index < -0.39 is 0 Å². The van der Waals surface area contributed by atoms with Gasteiger partial charge in [0.2, 0.25) is 0 Å². The van der Waals surface area contributed by atoms with E-state index in [-0.39, 0.29) is 0 Å². The molecular weight excluding hydrogens is 274 g/mol. The lowest BCUT2D eigenvalue weighted by Crippen LogP contribution is -2.43. The van der Waals surface area contributed by atoms with E-state index in [0.29, 0.717) is 11.6 Å². The summed E-state index contributed by atoms with van der Waals surface area (Å²) in [4.78, 5) is 9.49. The molecule has 3 heterocycles. The number of pyridine rings is 1. The number of hydrogen-bond acceptors (Lipinski definition) is 4. The van der Waals surface area contributed by atoms with Crippen LogP contribution < -0.4 is 9.64 Å². The third-order valence-corrected chi connectivity index (χ3v) is 5.95. The quantitative estimate of drug-likeness (QED) is 0.858. The van der Waals surface area contributed by atoms with Crippen LogP contribution in [-0.4, -0.2) is 48.2 Å². The van der Waals surface area contributed by atoms with Gasteiger partial charge in [0.15, 0.2) is 0 Å². The Hall–Kier alpha value is -1.29. The second kappa shape index (κ2) is 5.73. The number of likely N-dealkylation sites (tertiary alicyclic amines) is 1. The van der Waals surface area contributed by atoms with Crippen molar-refractivity contribution in [1.29, 1.82) is 0 Å². The monoisotopic (exact) mass is 301 g/mol. The highest BCUT2D eigenvalue weighted by Gasteiger charge is 2.44. The Morgan fingerprint density at radius 1 is 1.14 bits per heavy atom. The zero-order valence-electron chi connectivity index (χ0n) is 13.6. The topological polar surface area (TPSA) is 28.6 Å². The van der Waals surface area contributed by atoms with Crippen LogP contribution in [0.1, 0.15) is 44.9 Å². The van der Waals surface area contributed by atoms with Gasteiger partial charge in [-0.25, -0.2) is 0 Å². The molecule has 1 spiro atoms. The smallest absolute Gasteiger partial charge is 0.140 e. The molecule has 0 radical (unpaired) electrons. The summed E-state index contributed by atoms with van der Waals surface area (Å²) in [6, 6.07) is 2.19. The minimum atomic E-state index is 0.405. The van der Waals surface area contributed by atoms with Crippen LogP contribution in [0.5, 0.6) is 5.75 Å². The second-order valence-corrected chi connectivity index (χ2v) is 7.32. The van der Waals surface area contributed by atoms with Crippen molar-refractivity contribution in [2.24, 2.45) is 0 Å². The lowest BCUT2D eigenvalue weighted by atomic mass is 9.96. The maximum Gasteiger partial charge on any atom is 0.140 e. The Morgan fingerprint density at radius 2 is 2.00 bits per heavy atom. The predicted molar refractivity (Wildman–Crippen MR) is 88.5 cm³/mol. The van der Waals surface area contributed by atoms with E-state index in [2.05, 4.69) is 27.9 Å². The van der Waals surface area contributed by atoms with Gasteiger partial charge in [0.25, 0.3) is 0 Å². The third-order valence-electron chi connectivity index (χ3n) is 5.95. The van der Waals surface area contributed by atoms with Crippen LogP contribution in [0.25, 0.3) is 0 Å². The molecule has 4 nitrogen and oxygen atoms in total. The first-order chi connectivity index (χ1) is 10.8. The van der Waals surface area contributed by atoms with E-state index in [1.165, 1.54) is 57.2 Å². The van der Waals surface area contributed by atoms with Crippen molar-refractivity contribution in [3.05, 3.63) is 18.5 Å². The van der Waals surface area contributed by atoms with Gasteiger partial charge >= 0.3 is 0 Å². The fourth-order valence-corrected chi connectivity index (χ4v) is 4.51. The van der Waals surface area contributed by atoms with Crippen LogP contribution in [0, 0.1) is 0 Å². The molecule has 1 unspecified atom stereocenters. The number of aromatic nitrogens is 1. The molecule has 1 aromatic rings. The number of hydrogen-bond donors (Lipinski definition) is 0. The highest BCUT2D eigenvalue weighted by atomic mass is 16.5. The number of ether oxygens (including phenoxy) is 1. The predicted octanol–water partition coefficient (Wildman–Crippen LogP) is 3.08.